The molecule has 166 valence electrons. The van der Waals surface area contributed by atoms with E-state index in [0.717, 1.165) is 43.1 Å². The number of anilines is 2. The minimum atomic E-state index is -4.13. The minimum Gasteiger partial charge on any atom is -0.384 e. The van der Waals surface area contributed by atoms with Gasteiger partial charge in [0.05, 0.1) is 10.7 Å². The maximum atomic E-state index is 14.4. The van der Waals surface area contributed by atoms with Gasteiger partial charge < -0.3 is 10.6 Å². The molecule has 2 heterocycles. The van der Waals surface area contributed by atoms with Gasteiger partial charge >= 0.3 is 0 Å². The molecule has 1 aromatic heterocycles. The largest absolute Gasteiger partial charge is 0.384 e. The van der Waals surface area contributed by atoms with Crippen LogP contribution in [0.2, 0.25) is 5.02 Å². The normalized spacial score (nSPS) is 16.7. The second-order valence-corrected chi connectivity index (χ2v) is 10.2. The van der Waals surface area contributed by atoms with Gasteiger partial charge in [-0.2, -0.15) is 4.37 Å². The third-order valence-corrected chi connectivity index (χ3v) is 7.48. The predicted octanol–water partition coefficient (Wildman–Crippen LogP) is 4.64. The lowest BCUT2D eigenvalue weighted by Crippen LogP contribution is -2.20. The number of hydrogen-bond donors (Lipinski definition) is 3. The fourth-order valence-corrected chi connectivity index (χ4v) is 5.57. The SMILES string of the molecule is O=S(=O)(Nc1ncns1)c1cc(Cl)c(NCCCCCCC[C@@H]2CCCN2)cc1F. The highest BCUT2D eigenvalue weighted by atomic mass is 35.5. The third-order valence-electron chi connectivity index (χ3n) is 5.10. The lowest BCUT2D eigenvalue weighted by molar-refractivity contribution is 0.507. The Morgan fingerprint density at radius 1 is 1.23 bits per heavy atom. The quantitative estimate of drug-likeness (QED) is 0.387. The molecule has 1 fully saturated rings. The van der Waals surface area contributed by atoms with Crippen molar-refractivity contribution in [2.45, 2.75) is 62.3 Å². The standard InChI is InChI=1S/C19H27ClFN5O2S2/c20-15-11-18(30(27,28)26-19-24-13-25-29-19)16(21)12-17(15)23-9-5-3-1-2-4-7-14-8-6-10-22-14/h11-14,22-23H,1-10H2,(H,24,25,26)/t14-/m1/s1. The molecule has 0 unspecified atom stereocenters. The van der Waals surface area contributed by atoms with E-state index >= 15 is 0 Å². The van der Waals surface area contributed by atoms with E-state index in [2.05, 4.69) is 24.7 Å². The van der Waals surface area contributed by atoms with E-state index in [0.29, 0.717) is 18.3 Å². The number of hydrogen-bond acceptors (Lipinski definition) is 7. The zero-order chi connectivity index (χ0) is 21.4. The Morgan fingerprint density at radius 2 is 2.03 bits per heavy atom. The summed E-state index contributed by atoms with van der Waals surface area (Å²) in [4.78, 5) is 3.22. The van der Waals surface area contributed by atoms with E-state index in [4.69, 9.17) is 11.6 Å². The Bertz CT molecular complexity index is 906. The van der Waals surface area contributed by atoms with Gasteiger partial charge in [0.2, 0.25) is 5.13 Å². The molecule has 30 heavy (non-hydrogen) atoms. The summed E-state index contributed by atoms with van der Waals surface area (Å²) < 4.78 is 45.1. The molecule has 1 aliphatic heterocycles. The molecule has 3 rings (SSSR count). The molecule has 0 bridgehead atoms. The fourth-order valence-electron chi connectivity index (χ4n) is 3.53. The molecular formula is C19H27ClFN5O2S2. The molecule has 2 aromatic rings. The Balaban J connectivity index is 1.41. The third kappa shape index (κ3) is 6.76. The summed E-state index contributed by atoms with van der Waals surface area (Å²) in [6.07, 6.45) is 10.8. The highest BCUT2D eigenvalue weighted by Crippen LogP contribution is 2.29. The molecule has 1 atom stereocenters. The Labute approximate surface area is 186 Å². The van der Waals surface area contributed by atoms with Crippen LogP contribution in [0.4, 0.5) is 15.2 Å². The molecule has 0 saturated carbocycles. The van der Waals surface area contributed by atoms with Crippen LogP contribution >= 0.6 is 23.1 Å². The molecule has 0 aliphatic carbocycles. The molecule has 0 amide bonds. The summed E-state index contributed by atoms with van der Waals surface area (Å²) in [5.41, 5.74) is 0.385. The van der Waals surface area contributed by atoms with Crippen LogP contribution in [-0.2, 0) is 10.0 Å². The van der Waals surface area contributed by atoms with Crippen molar-refractivity contribution in [2.75, 3.05) is 23.1 Å². The summed E-state index contributed by atoms with van der Waals surface area (Å²) in [7, 11) is -4.13. The summed E-state index contributed by atoms with van der Waals surface area (Å²) in [5, 5.41) is 6.83. The van der Waals surface area contributed by atoms with E-state index in [1.165, 1.54) is 44.9 Å². The van der Waals surface area contributed by atoms with E-state index in [9.17, 15) is 12.8 Å². The maximum absolute atomic E-state index is 14.4. The highest BCUT2D eigenvalue weighted by molar-refractivity contribution is 7.93. The van der Waals surface area contributed by atoms with Crippen molar-refractivity contribution in [3.63, 3.8) is 0 Å². The molecule has 1 aliphatic rings. The van der Waals surface area contributed by atoms with Crippen LogP contribution in [0.15, 0.2) is 23.4 Å². The summed E-state index contributed by atoms with van der Waals surface area (Å²) in [6, 6.07) is 2.94. The Hall–Kier alpha value is -1.49. The smallest absolute Gasteiger partial charge is 0.266 e. The van der Waals surface area contributed by atoms with E-state index in [-0.39, 0.29) is 10.2 Å². The Morgan fingerprint density at radius 3 is 2.77 bits per heavy atom. The molecular weight excluding hydrogens is 449 g/mol. The first-order chi connectivity index (χ1) is 14.5. The summed E-state index contributed by atoms with van der Waals surface area (Å²) >= 11 is 7.04. The van der Waals surface area contributed by atoms with Crippen molar-refractivity contribution in [1.29, 1.82) is 0 Å². The number of nitrogens with one attached hydrogen (secondary N) is 3. The number of halogens is 2. The lowest BCUT2D eigenvalue weighted by atomic mass is 10.1. The van der Waals surface area contributed by atoms with Crippen molar-refractivity contribution in [3.05, 3.63) is 29.3 Å². The van der Waals surface area contributed by atoms with Gasteiger partial charge in [0.1, 0.15) is 17.0 Å². The molecule has 7 nitrogen and oxygen atoms in total. The first kappa shape index (κ1) is 23.2. The number of sulfonamides is 1. The van der Waals surface area contributed by atoms with Crippen LogP contribution in [0.25, 0.3) is 0 Å². The maximum Gasteiger partial charge on any atom is 0.266 e. The molecule has 0 spiro atoms. The number of nitrogens with zero attached hydrogens (tertiary/aromatic N) is 2. The lowest BCUT2D eigenvalue weighted by Gasteiger charge is -2.12. The highest BCUT2D eigenvalue weighted by Gasteiger charge is 2.22. The average Bonchev–Trinajstić information content (AvgIpc) is 3.40. The van der Waals surface area contributed by atoms with Crippen LogP contribution in [0.3, 0.4) is 0 Å². The van der Waals surface area contributed by atoms with Crippen molar-refractivity contribution in [2.24, 2.45) is 0 Å². The van der Waals surface area contributed by atoms with Crippen molar-refractivity contribution in [3.8, 4) is 0 Å². The topological polar surface area (TPSA) is 96.0 Å². The predicted molar refractivity (Wildman–Crippen MR) is 119 cm³/mol. The second kappa shape index (κ2) is 11.2. The monoisotopic (exact) mass is 475 g/mol. The van der Waals surface area contributed by atoms with Crippen LogP contribution in [0, 0.1) is 5.82 Å². The van der Waals surface area contributed by atoms with Gasteiger partial charge in [-0.1, -0.05) is 37.3 Å². The molecule has 1 aromatic carbocycles. The van der Waals surface area contributed by atoms with E-state index in [1.807, 2.05) is 0 Å². The first-order valence-electron chi connectivity index (χ1n) is 10.2. The molecule has 11 heteroatoms. The van der Waals surface area contributed by atoms with Crippen LogP contribution in [-0.4, -0.2) is 36.9 Å². The zero-order valence-corrected chi connectivity index (χ0v) is 19.1. The van der Waals surface area contributed by atoms with Gasteiger partial charge in [-0.05, 0) is 44.4 Å². The van der Waals surface area contributed by atoms with Gasteiger partial charge in [-0.25, -0.2) is 17.8 Å². The second-order valence-electron chi connectivity index (χ2n) is 7.39. The first-order valence-corrected chi connectivity index (χ1v) is 12.8. The van der Waals surface area contributed by atoms with Gasteiger partial charge in [0.15, 0.2) is 0 Å². The molecule has 3 N–H and O–H groups in total. The van der Waals surface area contributed by atoms with E-state index in [1.54, 1.807) is 0 Å². The minimum absolute atomic E-state index is 0.0622. The van der Waals surface area contributed by atoms with Crippen molar-refractivity contribution < 1.29 is 12.8 Å². The van der Waals surface area contributed by atoms with Crippen LogP contribution in [0.5, 0.6) is 0 Å². The van der Waals surface area contributed by atoms with E-state index < -0.39 is 20.7 Å². The Kier molecular flexibility index (Phi) is 8.67. The zero-order valence-electron chi connectivity index (χ0n) is 16.7. The average molecular weight is 476 g/mol. The van der Waals surface area contributed by atoms with Gasteiger partial charge in [0, 0.05) is 24.1 Å². The number of aromatic nitrogens is 2. The number of rotatable bonds is 12. The van der Waals surface area contributed by atoms with Crippen LogP contribution in [0.1, 0.15) is 51.4 Å². The van der Waals surface area contributed by atoms with Gasteiger partial charge in [0.25, 0.3) is 10.0 Å². The number of unbranched alkanes of at least 4 members (excludes halogenated alkanes) is 4. The number of benzene rings is 1. The van der Waals surface area contributed by atoms with Gasteiger partial charge in [-0.15, -0.1) is 0 Å². The van der Waals surface area contributed by atoms with Crippen molar-refractivity contribution >= 4 is 44.0 Å². The molecule has 0 radical (unpaired) electrons. The van der Waals surface area contributed by atoms with Crippen LogP contribution < -0.4 is 15.4 Å². The fraction of sp³-hybridized carbons (Fsp3) is 0.579. The summed E-state index contributed by atoms with van der Waals surface area (Å²) in [5.74, 6) is -0.876. The summed E-state index contributed by atoms with van der Waals surface area (Å²) in [6.45, 7) is 1.81. The van der Waals surface area contributed by atoms with Crippen molar-refractivity contribution in [1.82, 2.24) is 14.7 Å². The molecule has 1 saturated heterocycles. The van der Waals surface area contributed by atoms with Gasteiger partial charge in [-0.3, -0.25) is 4.72 Å².